The van der Waals surface area contributed by atoms with E-state index in [4.69, 9.17) is 25.9 Å². The molecule has 1 N–H and O–H groups in total. The Labute approximate surface area is 123 Å². The number of aromatic carboxylic acids is 1. The largest absolute Gasteiger partial charge is 0.478 e. The predicted molar refractivity (Wildman–Crippen MR) is 72.8 cm³/mol. The van der Waals surface area contributed by atoms with Gasteiger partial charge in [-0.2, -0.15) is 0 Å². The van der Waals surface area contributed by atoms with Crippen LogP contribution in [-0.4, -0.2) is 16.0 Å². The zero-order chi connectivity index (χ0) is 15.6. The van der Waals surface area contributed by atoms with Gasteiger partial charge in [0.2, 0.25) is 11.5 Å². The Morgan fingerprint density at radius 3 is 2.81 bits per heavy atom. The quantitative estimate of drug-likeness (QED) is 0.670. The number of nitro groups is 1. The standard InChI is InChI=1S/C13H10ClNO6/c1-7-5-8(21-11(7)13(16)17)6-20-12-9(14)3-2-4-10(12)15(18)19/h2-5H,6H2,1H3,(H,16,17). The fourth-order valence-electron chi connectivity index (χ4n) is 1.76. The number of para-hydroxylation sites is 1. The molecule has 0 bridgehead atoms. The smallest absolute Gasteiger partial charge is 0.372 e. The summed E-state index contributed by atoms with van der Waals surface area (Å²) in [6.45, 7) is 1.41. The van der Waals surface area contributed by atoms with E-state index < -0.39 is 10.9 Å². The van der Waals surface area contributed by atoms with Crippen LogP contribution >= 0.6 is 11.6 Å². The Hall–Kier alpha value is -2.54. The van der Waals surface area contributed by atoms with Gasteiger partial charge < -0.3 is 14.3 Å². The van der Waals surface area contributed by atoms with Crippen LogP contribution in [-0.2, 0) is 6.61 Å². The molecule has 1 aromatic carbocycles. The zero-order valence-electron chi connectivity index (χ0n) is 10.8. The van der Waals surface area contributed by atoms with E-state index in [1.807, 2.05) is 0 Å². The number of ether oxygens (including phenoxy) is 1. The van der Waals surface area contributed by atoms with Gasteiger partial charge in [-0.05, 0) is 19.1 Å². The van der Waals surface area contributed by atoms with E-state index in [-0.39, 0.29) is 34.6 Å². The first kappa shape index (κ1) is 14.9. The second-order valence-corrected chi connectivity index (χ2v) is 4.57. The lowest BCUT2D eigenvalue weighted by atomic mass is 10.2. The molecule has 2 rings (SSSR count). The molecular formula is C13H10ClNO6. The Kier molecular flexibility index (Phi) is 4.13. The number of carbonyl (C=O) groups is 1. The van der Waals surface area contributed by atoms with Gasteiger partial charge in [-0.1, -0.05) is 17.7 Å². The molecule has 1 aromatic heterocycles. The van der Waals surface area contributed by atoms with E-state index in [0.29, 0.717) is 5.56 Å². The summed E-state index contributed by atoms with van der Waals surface area (Å²) in [4.78, 5) is 21.1. The number of carboxylic acid groups (broad SMARTS) is 1. The molecule has 0 atom stereocenters. The van der Waals surface area contributed by atoms with Crippen molar-refractivity contribution in [3.63, 3.8) is 0 Å². The minimum atomic E-state index is -1.19. The molecule has 0 radical (unpaired) electrons. The molecular weight excluding hydrogens is 302 g/mol. The van der Waals surface area contributed by atoms with Gasteiger partial charge in [0.25, 0.3) is 0 Å². The summed E-state index contributed by atoms with van der Waals surface area (Å²) in [6, 6.07) is 5.65. The van der Waals surface area contributed by atoms with Gasteiger partial charge in [0, 0.05) is 11.6 Å². The molecule has 0 amide bonds. The van der Waals surface area contributed by atoms with Crippen LogP contribution in [0.5, 0.6) is 5.75 Å². The molecule has 110 valence electrons. The second-order valence-electron chi connectivity index (χ2n) is 4.16. The molecule has 2 aromatic rings. The van der Waals surface area contributed by atoms with Crippen LogP contribution in [0.2, 0.25) is 5.02 Å². The third-order valence-electron chi connectivity index (χ3n) is 2.66. The monoisotopic (exact) mass is 311 g/mol. The van der Waals surface area contributed by atoms with Crippen LogP contribution < -0.4 is 4.74 Å². The van der Waals surface area contributed by atoms with E-state index in [1.165, 1.54) is 24.3 Å². The Morgan fingerprint density at radius 1 is 1.52 bits per heavy atom. The lowest BCUT2D eigenvalue weighted by molar-refractivity contribution is -0.385. The molecule has 0 aliphatic carbocycles. The molecule has 0 saturated heterocycles. The van der Waals surface area contributed by atoms with Crippen LogP contribution in [0.1, 0.15) is 21.9 Å². The number of rotatable bonds is 5. The second kappa shape index (κ2) is 5.84. The lowest BCUT2D eigenvalue weighted by Crippen LogP contribution is -1.99. The van der Waals surface area contributed by atoms with Crippen molar-refractivity contribution in [2.24, 2.45) is 0 Å². The molecule has 0 saturated carbocycles. The van der Waals surface area contributed by atoms with Gasteiger partial charge >= 0.3 is 11.7 Å². The average molecular weight is 312 g/mol. The highest BCUT2D eigenvalue weighted by Crippen LogP contribution is 2.35. The summed E-state index contributed by atoms with van der Waals surface area (Å²) >= 11 is 5.87. The molecule has 1 heterocycles. The van der Waals surface area contributed by atoms with Crippen molar-refractivity contribution in [1.82, 2.24) is 0 Å². The molecule has 0 unspecified atom stereocenters. The fraction of sp³-hybridized carbons (Fsp3) is 0.154. The molecule has 0 spiro atoms. The van der Waals surface area contributed by atoms with Crippen LogP contribution in [0.25, 0.3) is 0 Å². The fourth-order valence-corrected chi connectivity index (χ4v) is 1.98. The lowest BCUT2D eigenvalue weighted by Gasteiger charge is -2.06. The highest BCUT2D eigenvalue weighted by Gasteiger charge is 2.20. The SMILES string of the molecule is Cc1cc(COc2c(Cl)cccc2[N+](=O)[O-])oc1C(=O)O. The summed E-state index contributed by atoms with van der Waals surface area (Å²) < 4.78 is 10.4. The van der Waals surface area contributed by atoms with Crippen LogP contribution in [0, 0.1) is 17.0 Å². The summed E-state index contributed by atoms with van der Waals surface area (Å²) in [6.07, 6.45) is 0. The number of hydrogen-bond acceptors (Lipinski definition) is 5. The van der Waals surface area contributed by atoms with Crippen molar-refractivity contribution >= 4 is 23.3 Å². The predicted octanol–water partition coefficient (Wildman–Crippen LogP) is 3.43. The number of nitro benzene ring substituents is 1. The average Bonchev–Trinajstić information content (AvgIpc) is 2.78. The van der Waals surface area contributed by atoms with E-state index in [9.17, 15) is 14.9 Å². The first-order valence-corrected chi connectivity index (χ1v) is 6.16. The van der Waals surface area contributed by atoms with Gasteiger partial charge in [-0.25, -0.2) is 4.79 Å². The van der Waals surface area contributed by atoms with Crippen LogP contribution in [0.15, 0.2) is 28.7 Å². The number of carboxylic acids is 1. The number of nitrogens with zero attached hydrogens (tertiary/aromatic N) is 1. The third-order valence-corrected chi connectivity index (χ3v) is 2.96. The van der Waals surface area contributed by atoms with Gasteiger partial charge in [-0.15, -0.1) is 0 Å². The number of hydrogen-bond donors (Lipinski definition) is 1. The van der Waals surface area contributed by atoms with Crippen molar-refractivity contribution < 1.29 is 24.0 Å². The van der Waals surface area contributed by atoms with Crippen LogP contribution in [0.4, 0.5) is 5.69 Å². The summed E-state index contributed by atoms with van der Waals surface area (Å²) in [5.74, 6) is -1.24. The number of furan rings is 1. The Bertz CT molecular complexity index is 709. The van der Waals surface area contributed by atoms with E-state index in [1.54, 1.807) is 6.92 Å². The van der Waals surface area contributed by atoms with Crippen molar-refractivity contribution in [2.75, 3.05) is 0 Å². The maximum absolute atomic E-state index is 10.9. The van der Waals surface area contributed by atoms with Crippen molar-refractivity contribution in [3.05, 3.63) is 56.5 Å². The molecule has 0 fully saturated rings. The minimum absolute atomic E-state index is 0.0879. The van der Waals surface area contributed by atoms with E-state index >= 15 is 0 Å². The van der Waals surface area contributed by atoms with Gasteiger partial charge in [0.15, 0.2) is 0 Å². The van der Waals surface area contributed by atoms with Crippen molar-refractivity contribution in [3.8, 4) is 5.75 Å². The molecule has 0 aliphatic rings. The summed E-state index contributed by atoms with van der Waals surface area (Å²) in [5, 5.41) is 19.9. The highest BCUT2D eigenvalue weighted by atomic mass is 35.5. The Morgan fingerprint density at radius 2 is 2.24 bits per heavy atom. The maximum atomic E-state index is 10.9. The zero-order valence-corrected chi connectivity index (χ0v) is 11.6. The van der Waals surface area contributed by atoms with Crippen molar-refractivity contribution in [2.45, 2.75) is 13.5 Å². The Balaban J connectivity index is 2.23. The molecule has 21 heavy (non-hydrogen) atoms. The molecule has 7 nitrogen and oxygen atoms in total. The molecule has 0 aliphatic heterocycles. The summed E-state index contributed by atoms with van der Waals surface area (Å²) in [5.41, 5.74) is 0.166. The highest BCUT2D eigenvalue weighted by molar-refractivity contribution is 6.32. The normalized spacial score (nSPS) is 10.4. The topological polar surface area (TPSA) is 103 Å². The first-order chi connectivity index (χ1) is 9.90. The van der Waals surface area contributed by atoms with Gasteiger partial charge in [-0.3, -0.25) is 10.1 Å². The van der Waals surface area contributed by atoms with E-state index in [0.717, 1.165) is 0 Å². The maximum Gasteiger partial charge on any atom is 0.372 e. The third kappa shape index (κ3) is 3.14. The first-order valence-electron chi connectivity index (χ1n) is 5.78. The van der Waals surface area contributed by atoms with Crippen molar-refractivity contribution in [1.29, 1.82) is 0 Å². The minimum Gasteiger partial charge on any atom is -0.478 e. The van der Waals surface area contributed by atoms with Gasteiger partial charge in [0.1, 0.15) is 12.4 Å². The summed E-state index contributed by atoms with van der Waals surface area (Å²) in [7, 11) is 0. The number of benzene rings is 1. The number of aryl methyl sites for hydroxylation is 1. The number of halogens is 1. The molecule has 8 heteroatoms. The van der Waals surface area contributed by atoms with E-state index in [2.05, 4.69) is 0 Å². The van der Waals surface area contributed by atoms with Gasteiger partial charge in [0.05, 0.1) is 9.95 Å². The van der Waals surface area contributed by atoms with Crippen LogP contribution in [0.3, 0.4) is 0 Å².